The average molecular weight is 471 g/mol. The molecule has 0 saturated heterocycles. The first kappa shape index (κ1) is 24.6. The molecule has 2 aliphatic heterocycles. The lowest BCUT2D eigenvalue weighted by atomic mass is 9.94. The van der Waals surface area contributed by atoms with Gasteiger partial charge in [0.05, 0.1) is 24.8 Å². The Kier molecular flexibility index (Phi) is 7.41. The van der Waals surface area contributed by atoms with Gasteiger partial charge < -0.3 is 14.8 Å². The summed E-state index contributed by atoms with van der Waals surface area (Å²) >= 11 is 0. The van der Waals surface area contributed by atoms with Crippen LogP contribution in [-0.4, -0.2) is 48.3 Å². The minimum atomic E-state index is -1.49. The molecule has 0 spiro atoms. The number of methoxy groups -OCH3 is 2. The summed E-state index contributed by atoms with van der Waals surface area (Å²) in [6, 6.07) is 8.10. The fourth-order valence-corrected chi connectivity index (χ4v) is 3.79. The lowest BCUT2D eigenvalue weighted by Gasteiger charge is -2.25. The van der Waals surface area contributed by atoms with Gasteiger partial charge in [0.15, 0.2) is 11.5 Å². The van der Waals surface area contributed by atoms with Gasteiger partial charge in [0.2, 0.25) is 0 Å². The summed E-state index contributed by atoms with van der Waals surface area (Å²) in [4.78, 5) is 31.7. The number of carbonyl (C=O) groups excluding carboxylic acids is 1. The van der Waals surface area contributed by atoms with Gasteiger partial charge in [0, 0.05) is 23.1 Å². The number of nitrogens with zero attached hydrogens (tertiary/aromatic N) is 4. The fraction of sp³-hybridized carbons (Fsp3) is 0.364. The van der Waals surface area contributed by atoms with E-state index in [9.17, 15) is 25.0 Å². The molecule has 0 fully saturated rings. The molecular formula is C22H25N5O7. The van der Waals surface area contributed by atoms with Gasteiger partial charge in [0.25, 0.3) is 5.69 Å². The molecule has 12 nitrogen and oxygen atoms in total. The Morgan fingerprint density at radius 1 is 1.09 bits per heavy atom. The zero-order valence-electron chi connectivity index (χ0n) is 19.2. The Hall–Kier alpha value is -4.06. The second-order valence-electron chi connectivity index (χ2n) is 7.68. The average Bonchev–Trinajstić information content (AvgIpc) is 3.12. The van der Waals surface area contributed by atoms with E-state index >= 15 is 0 Å². The van der Waals surface area contributed by atoms with Crippen LogP contribution >= 0.6 is 0 Å². The molecule has 0 saturated carbocycles. The molecule has 2 atom stereocenters. The van der Waals surface area contributed by atoms with Crippen molar-refractivity contribution in [2.75, 3.05) is 25.8 Å². The predicted molar refractivity (Wildman–Crippen MR) is 124 cm³/mol. The molecule has 2 aromatic rings. The normalized spacial score (nSPS) is 18.9. The van der Waals surface area contributed by atoms with Crippen molar-refractivity contribution >= 4 is 23.0 Å². The Labute approximate surface area is 195 Å². The minimum Gasteiger partial charge on any atom is -0.493 e. The van der Waals surface area contributed by atoms with E-state index in [1.807, 2.05) is 0 Å². The van der Waals surface area contributed by atoms with Crippen molar-refractivity contribution < 1.29 is 24.1 Å². The number of hydrogen-bond donors (Lipinski definition) is 1. The number of non-ortho nitro benzene ring substituents is 1. The molecule has 1 unspecified atom stereocenters. The van der Waals surface area contributed by atoms with Crippen molar-refractivity contribution in [2.24, 2.45) is 5.10 Å². The van der Waals surface area contributed by atoms with Gasteiger partial charge in [-0.25, -0.2) is 0 Å². The van der Waals surface area contributed by atoms with Crippen LogP contribution in [0.15, 0.2) is 41.5 Å². The fourth-order valence-electron chi connectivity index (χ4n) is 3.79. The number of fused-ring (bicyclic) bond motifs is 1. The Bertz CT molecular complexity index is 1130. The van der Waals surface area contributed by atoms with Gasteiger partial charge in [-0.15, -0.1) is 0 Å². The number of rotatable bonds is 5. The molecular weight excluding hydrogens is 446 g/mol. The zero-order chi connectivity index (χ0) is 25.0. The van der Waals surface area contributed by atoms with Crippen LogP contribution in [-0.2, 0) is 11.2 Å². The number of anilines is 1. The minimum absolute atomic E-state index is 0.0772. The maximum absolute atomic E-state index is 11.8. The molecule has 2 heterocycles. The number of hydrogen-bond acceptors (Lipinski definition) is 9. The summed E-state index contributed by atoms with van der Waals surface area (Å²) in [5.41, 5.74) is 2.87. The van der Waals surface area contributed by atoms with E-state index in [-0.39, 0.29) is 17.1 Å². The van der Waals surface area contributed by atoms with Gasteiger partial charge in [-0.05, 0) is 62.2 Å². The highest BCUT2D eigenvalue weighted by Gasteiger charge is 2.43. The van der Waals surface area contributed by atoms with E-state index in [0.29, 0.717) is 6.04 Å². The molecule has 0 aliphatic carbocycles. The first-order valence-electron chi connectivity index (χ1n) is 10.4. The van der Waals surface area contributed by atoms with Crippen LogP contribution in [0.5, 0.6) is 11.5 Å². The van der Waals surface area contributed by atoms with E-state index in [0.717, 1.165) is 29.5 Å². The number of nitro benzene ring substituents is 1. The molecule has 180 valence electrons. The summed E-state index contributed by atoms with van der Waals surface area (Å²) in [6.45, 7) is 4.59. The van der Waals surface area contributed by atoms with E-state index in [4.69, 9.17) is 9.47 Å². The molecule has 2 aliphatic rings. The van der Waals surface area contributed by atoms with Gasteiger partial charge in [-0.1, -0.05) is 0 Å². The van der Waals surface area contributed by atoms with Crippen LogP contribution in [0.3, 0.4) is 0 Å². The van der Waals surface area contributed by atoms with E-state index in [1.54, 1.807) is 14.2 Å². The largest absolute Gasteiger partial charge is 0.493 e. The van der Waals surface area contributed by atoms with Crippen molar-refractivity contribution in [1.29, 1.82) is 0 Å². The molecule has 0 radical (unpaired) electrons. The quantitative estimate of drug-likeness (QED) is 0.517. The Morgan fingerprint density at radius 3 is 2.24 bits per heavy atom. The van der Waals surface area contributed by atoms with E-state index < -0.39 is 21.8 Å². The van der Waals surface area contributed by atoms with Crippen LogP contribution in [0.25, 0.3) is 0 Å². The van der Waals surface area contributed by atoms with Crippen LogP contribution in [0.4, 0.5) is 11.4 Å². The van der Waals surface area contributed by atoms with Crippen molar-refractivity contribution in [1.82, 2.24) is 5.32 Å². The number of ether oxygens (including phenoxy) is 2. The number of amides is 1. The third kappa shape index (κ3) is 4.96. The summed E-state index contributed by atoms with van der Waals surface area (Å²) in [6.07, 6.45) is 1.06. The van der Waals surface area contributed by atoms with Crippen molar-refractivity contribution in [3.63, 3.8) is 0 Å². The maximum atomic E-state index is 11.8. The molecule has 12 heteroatoms. The number of nitrogens with one attached hydrogen (secondary N) is 1. The first-order valence-corrected chi connectivity index (χ1v) is 10.4. The first-order chi connectivity index (χ1) is 16.2. The maximum Gasteiger partial charge on any atom is 0.331 e. The second kappa shape index (κ2) is 10.3. The summed E-state index contributed by atoms with van der Waals surface area (Å²) < 4.78 is 10.6. The summed E-state index contributed by atoms with van der Waals surface area (Å²) in [7, 11) is 3.35. The van der Waals surface area contributed by atoms with Crippen LogP contribution in [0, 0.1) is 20.2 Å². The molecule has 2 aromatic carbocycles. The van der Waals surface area contributed by atoms with Gasteiger partial charge >= 0.3 is 11.9 Å². The van der Waals surface area contributed by atoms with Crippen molar-refractivity contribution in [3.05, 3.63) is 67.8 Å². The van der Waals surface area contributed by atoms with Gasteiger partial charge in [-0.2, -0.15) is 10.1 Å². The van der Waals surface area contributed by atoms with Crippen LogP contribution in [0.1, 0.15) is 31.0 Å². The van der Waals surface area contributed by atoms with E-state index in [1.165, 1.54) is 42.3 Å². The highest BCUT2D eigenvalue weighted by atomic mass is 16.6. The van der Waals surface area contributed by atoms with Crippen molar-refractivity contribution in [3.8, 4) is 11.5 Å². The number of hydrazone groups is 1. The Morgan fingerprint density at radius 2 is 1.71 bits per heavy atom. The molecule has 1 amide bonds. The lowest BCUT2D eigenvalue weighted by Crippen LogP contribution is -2.37. The molecule has 0 bridgehead atoms. The third-order valence-electron chi connectivity index (χ3n) is 5.57. The predicted octanol–water partition coefficient (Wildman–Crippen LogP) is 2.87. The molecule has 1 N–H and O–H groups in total. The summed E-state index contributed by atoms with van der Waals surface area (Å²) in [5, 5.41) is 29.3. The van der Waals surface area contributed by atoms with Gasteiger partial charge in [-0.3, -0.25) is 25.0 Å². The molecule has 4 rings (SSSR count). The molecule has 0 aromatic heterocycles. The topological polar surface area (TPSA) is 149 Å². The Balaban J connectivity index is 0.000000196. The molecule has 34 heavy (non-hydrogen) atoms. The second-order valence-corrected chi connectivity index (χ2v) is 7.68. The SMILES string of the molecule is CC1=NN(c2ccc([N+](=O)[O-])cc2)C(=O)C1[N+](=O)[O-].COc1cc2c(cc1OC)[C@H](C)NCC2. The van der Waals surface area contributed by atoms with Crippen LogP contribution in [0.2, 0.25) is 0 Å². The summed E-state index contributed by atoms with van der Waals surface area (Å²) in [5.74, 6) is 0.855. The van der Waals surface area contributed by atoms with Gasteiger partial charge in [0.1, 0.15) is 5.71 Å². The highest BCUT2D eigenvalue weighted by Crippen LogP contribution is 2.34. The lowest BCUT2D eigenvalue weighted by molar-refractivity contribution is -0.488. The van der Waals surface area contributed by atoms with Crippen molar-refractivity contribution in [2.45, 2.75) is 32.4 Å². The van der Waals surface area contributed by atoms with E-state index in [2.05, 4.69) is 29.5 Å². The number of carbonyl (C=O) groups is 1. The highest BCUT2D eigenvalue weighted by molar-refractivity contribution is 6.16. The smallest absolute Gasteiger partial charge is 0.331 e. The monoisotopic (exact) mass is 471 g/mol. The number of benzene rings is 2. The number of nitro groups is 2. The standard InChI is InChI=1S/C12H17NO2.C10H8N4O5/c1-8-10-7-12(15-3)11(14-2)6-9(10)4-5-13-8;1-6-9(14(18)19)10(15)12(11-6)7-2-4-8(5-3-7)13(16)17/h6-8,13H,4-5H2,1-3H3;2-5,9H,1H3/t8-;/m0./s1. The third-order valence-corrected chi connectivity index (χ3v) is 5.57. The zero-order valence-corrected chi connectivity index (χ0v) is 19.2. The van der Waals surface area contributed by atoms with Crippen LogP contribution < -0.4 is 19.8 Å².